The lowest BCUT2D eigenvalue weighted by Gasteiger charge is -2.07. The zero-order valence-electron chi connectivity index (χ0n) is 9.60. The van der Waals surface area contributed by atoms with E-state index in [0.29, 0.717) is 12.6 Å². The first kappa shape index (κ1) is 11.9. The van der Waals surface area contributed by atoms with Crippen LogP contribution in [0.4, 0.5) is 0 Å². The lowest BCUT2D eigenvalue weighted by Crippen LogP contribution is -2.25. The maximum absolute atomic E-state index is 12.1. The molecule has 0 aliphatic heterocycles. The molecule has 2 heterocycles. The van der Waals surface area contributed by atoms with E-state index in [2.05, 4.69) is 30.8 Å². The summed E-state index contributed by atoms with van der Waals surface area (Å²) in [6.07, 6.45) is 6.05. The summed E-state index contributed by atoms with van der Waals surface area (Å²) in [5.41, 5.74) is 0.723. The molecule has 6 heteroatoms. The Morgan fingerprint density at radius 1 is 1.61 bits per heavy atom. The van der Waals surface area contributed by atoms with Crippen molar-refractivity contribution in [2.24, 2.45) is 0 Å². The average Bonchev–Trinajstić information content (AvgIpc) is 2.92. The number of hydrogen-bond acceptors (Lipinski definition) is 3. The lowest BCUT2D eigenvalue weighted by atomic mass is 10.4. The van der Waals surface area contributed by atoms with Gasteiger partial charge in [0.05, 0.1) is 6.54 Å². The van der Waals surface area contributed by atoms with Crippen molar-refractivity contribution >= 4 is 33.2 Å². The van der Waals surface area contributed by atoms with Crippen LogP contribution >= 0.6 is 27.3 Å². The molecule has 0 radical (unpaired) electrons. The minimum absolute atomic E-state index is 0.0391. The van der Waals surface area contributed by atoms with E-state index >= 15 is 0 Å². The van der Waals surface area contributed by atoms with E-state index < -0.39 is 0 Å². The highest BCUT2D eigenvalue weighted by Gasteiger charge is 2.27. The van der Waals surface area contributed by atoms with Gasteiger partial charge in [-0.1, -0.05) is 0 Å². The largest absolute Gasteiger partial charge is 0.344 e. The van der Waals surface area contributed by atoms with Crippen LogP contribution in [0.2, 0.25) is 0 Å². The van der Waals surface area contributed by atoms with E-state index in [1.54, 1.807) is 17.5 Å². The van der Waals surface area contributed by atoms with E-state index in [1.807, 2.05) is 17.6 Å². The number of hydrogen-bond donors (Lipinski definition) is 1. The maximum Gasteiger partial charge on any atom is 0.268 e. The summed E-state index contributed by atoms with van der Waals surface area (Å²) in [4.78, 5) is 16.3. The minimum Gasteiger partial charge on any atom is -0.344 e. The summed E-state index contributed by atoms with van der Waals surface area (Å²) in [5, 5.41) is 5.74. The fourth-order valence-electron chi connectivity index (χ4n) is 1.87. The van der Waals surface area contributed by atoms with Gasteiger partial charge in [-0.15, -0.1) is 11.3 Å². The molecule has 0 spiro atoms. The van der Waals surface area contributed by atoms with Crippen LogP contribution in [-0.2, 0) is 6.54 Å². The Hall–Kier alpha value is -1.14. The van der Waals surface area contributed by atoms with Gasteiger partial charge in [-0.05, 0) is 34.8 Å². The molecule has 4 nitrogen and oxygen atoms in total. The van der Waals surface area contributed by atoms with Crippen LogP contribution in [0, 0.1) is 0 Å². The minimum atomic E-state index is -0.0391. The molecular weight excluding hydrogens is 314 g/mol. The predicted octanol–water partition coefficient (Wildman–Crippen LogP) is 2.97. The zero-order valence-corrected chi connectivity index (χ0v) is 12.0. The Bertz CT molecular complexity index is 560. The van der Waals surface area contributed by atoms with Crippen molar-refractivity contribution in [3.05, 3.63) is 39.0 Å². The highest BCUT2D eigenvalue weighted by Crippen LogP contribution is 2.37. The van der Waals surface area contributed by atoms with E-state index in [-0.39, 0.29) is 5.91 Å². The number of aromatic nitrogens is 2. The van der Waals surface area contributed by atoms with E-state index in [1.165, 1.54) is 0 Å². The van der Waals surface area contributed by atoms with Crippen LogP contribution in [0.15, 0.2) is 28.3 Å². The Labute approximate surface area is 117 Å². The third-order valence-electron chi connectivity index (χ3n) is 2.87. The van der Waals surface area contributed by atoms with Crippen LogP contribution < -0.4 is 5.32 Å². The van der Waals surface area contributed by atoms with Gasteiger partial charge in [0.15, 0.2) is 0 Å². The number of nitrogens with one attached hydrogen (secondary N) is 1. The standard InChI is InChI=1S/C12H12BrN3OS/c13-8-5-10(16(7-8)9-1-2-9)12(17)15-6-11-14-3-4-18-11/h3-5,7,9H,1-2,6H2,(H,15,17). The van der Waals surface area contributed by atoms with Gasteiger partial charge in [0.2, 0.25) is 0 Å². The van der Waals surface area contributed by atoms with Crippen molar-refractivity contribution in [2.75, 3.05) is 0 Å². The normalized spacial score (nSPS) is 14.7. The second kappa shape index (κ2) is 4.85. The quantitative estimate of drug-likeness (QED) is 0.939. The average molecular weight is 326 g/mol. The highest BCUT2D eigenvalue weighted by atomic mass is 79.9. The van der Waals surface area contributed by atoms with Gasteiger partial charge < -0.3 is 9.88 Å². The summed E-state index contributed by atoms with van der Waals surface area (Å²) in [6, 6.07) is 2.37. The number of halogens is 1. The summed E-state index contributed by atoms with van der Waals surface area (Å²) < 4.78 is 3.01. The first-order valence-electron chi connectivity index (χ1n) is 5.78. The maximum atomic E-state index is 12.1. The summed E-state index contributed by atoms with van der Waals surface area (Å²) in [7, 11) is 0. The van der Waals surface area contributed by atoms with Crippen LogP contribution in [0.25, 0.3) is 0 Å². The number of carbonyl (C=O) groups excluding carboxylic acids is 1. The van der Waals surface area contributed by atoms with Crippen molar-refractivity contribution in [3.8, 4) is 0 Å². The first-order valence-corrected chi connectivity index (χ1v) is 7.45. The molecular formula is C12H12BrN3OS. The summed E-state index contributed by atoms with van der Waals surface area (Å²) in [6.45, 7) is 0.490. The summed E-state index contributed by atoms with van der Waals surface area (Å²) in [5.74, 6) is -0.0391. The number of nitrogens with zero attached hydrogens (tertiary/aromatic N) is 2. The van der Waals surface area contributed by atoms with Gasteiger partial charge in [-0.3, -0.25) is 4.79 Å². The number of amides is 1. The summed E-state index contributed by atoms with van der Waals surface area (Å²) >= 11 is 4.97. The molecule has 3 rings (SSSR count). The predicted molar refractivity (Wildman–Crippen MR) is 73.7 cm³/mol. The molecule has 1 saturated carbocycles. The first-order chi connectivity index (χ1) is 8.74. The molecule has 1 N–H and O–H groups in total. The van der Waals surface area contributed by atoms with Crippen LogP contribution in [0.5, 0.6) is 0 Å². The molecule has 0 unspecified atom stereocenters. The van der Waals surface area contributed by atoms with Crippen molar-refractivity contribution < 1.29 is 4.79 Å². The lowest BCUT2D eigenvalue weighted by molar-refractivity contribution is 0.0941. The molecule has 2 aromatic rings. The monoisotopic (exact) mass is 325 g/mol. The molecule has 0 aromatic carbocycles. The molecule has 1 amide bonds. The molecule has 1 aliphatic rings. The van der Waals surface area contributed by atoms with E-state index in [4.69, 9.17) is 0 Å². The second-order valence-corrected chi connectivity index (χ2v) is 6.19. The van der Waals surface area contributed by atoms with Crippen LogP contribution in [-0.4, -0.2) is 15.5 Å². The Morgan fingerprint density at radius 3 is 3.11 bits per heavy atom. The van der Waals surface area contributed by atoms with Crippen molar-refractivity contribution in [2.45, 2.75) is 25.4 Å². The third kappa shape index (κ3) is 2.49. The smallest absolute Gasteiger partial charge is 0.268 e. The van der Waals surface area contributed by atoms with Gasteiger partial charge in [-0.2, -0.15) is 0 Å². The molecule has 94 valence electrons. The molecule has 1 fully saturated rings. The van der Waals surface area contributed by atoms with Gasteiger partial charge in [0, 0.05) is 28.3 Å². The Balaban J connectivity index is 1.71. The molecule has 0 saturated heterocycles. The van der Waals surface area contributed by atoms with Gasteiger partial charge in [0.1, 0.15) is 10.7 Å². The number of rotatable bonds is 4. The molecule has 1 aliphatic carbocycles. The van der Waals surface area contributed by atoms with Crippen molar-refractivity contribution in [1.82, 2.24) is 14.9 Å². The van der Waals surface area contributed by atoms with Gasteiger partial charge >= 0.3 is 0 Å². The Kier molecular flexibility index (Phi) is 3.22. The van der Waals surface area contributed by atoms with Crippen LogP contribution in [0.1, 0.15) is 34.4 Å². The second-order valence-electron chi connectivity index (χ2n) is 4.29. The van der Waals surface area contributed by atoms with Gasteiger partial charge in [0.25, 0.3) is 5.91 Å². The van der Waals surface area contributed by atoms with Gasteiger partial charge in [-0.25, -0.2) is 4.98 Å². The van der Waals surface area contributed by atoms with Crippen LogP contribution in [0.3, 0.4) is 0 Å². The molecule has 0 atom stereocenters. The SMILES string of the molecule is O=C(NCc1nccs1)c1cc(Br)cn1C1CC1. The van der Waals surface area contributed by atoms with E-state index in [0.717, 1.165) is 28.0 Å². The fraction of sp³-hybridized carbons (Fsp3) is 0.333. The molecule has 2 aromatic heterocycles. The third-order valence-corrected chi connectivity index (χ3v) is 4.09. The zero-order chi connectivity index (χ0) is 12.5. The molecule has 18 heavy (non-hydrogen) atoms. The fourth-order valence-corrected chi connectivity index (χ4v) is 2.86. The molecule has 0 bridgehead atoms. The van der Waals surface area contributed by atoms with Crippen molar-refractivity contribution in [3.63, 3.8) is 0 Å². The number of carbonyl (C=O) groups is 1. The highest BCUT2D eigenvalue weighted by molar-refractivity contribution is 9.10. The van der Waals surface area contributed by atoms with E-state index in [9.17, 15) is 4.79 Å². The Morgan fingerprint density at radius 2 is 2.44 bits per heavy atom. The number of thiazole rings is 1. The topological polar surface area (TPSA) is 46.9 Å². The van der Waals surface area contributed by atoms with Crippen molar-refractivity contribution in [1.29, 1.82) is 0 Å².